The molecule has 0 atom stereocenters. The molecule has 0 bridgehead atoms. The van der Waals surface area contributed by atoms with E-state index in [1.165, 1.54) is 0 Å². The average molecular weight is 350 g/mol. The Kier molecular flexibility index (Phi) is 4.81. The summed E-state index contributed by atoms with van der Waals surface area (Å²) in [7, 11) is 1.64. The van der Waals surface area contributed by atoms with Gasteiger partial charge in [0.15, 0.2) is 5.65 Å². The molecule has 0 radical (unpaired) electrons. The van der Waals surface area contributed by atoms with Gasteiger partial charge in [-0.25, -0.2) is 15.0 Å². The quantitative estimate of drug-likeness (QED) is 0.640. The molecule has 136 valence electrons. The number of ether oxygens (including phenoxy) is 1. The van der Waals surface area contributed by atoms with E-state index in [1.54, 1.807) is 7.11 Å². The topological polar surface area (TPSA) is 52.8 Å². The summed E-state index contributed by atoms with van der Waals surface area (Å²) >= 11 is 0. The molecule has 0 N–H and O–H groups in total. The second kappa shape index (κ2) is 6.90. The van der Waals surface area contributed by atoms with E-state index in [2.05, 4.69) is 38.5 Å². The van der Waals surface area contributed by atoms with Gasteiger partial charge in [0.2, 0.25) is 5.88 Å². The monoisotopic (exact) mass is 350 g/mol. The van der Waals surface area contributed by atoms with Crippen LogP contribution in [-0.4, -0.2) is 26.6 Å². The van der Waals surface area contributed by atoms with Gasteiger partial charge in [0, 0.05) is 17.6 Å². The number of aromatic nitrogens is 4. The largest absolute Gasteiger partial charge is 0.480 e. The average Bonchev–Trinajstić information content (AvgIpc) is 2.95. The van der Waals surface area contributed by atoms with Crippen LogP contribution in [0.2, 0.25) is 0 Å². The SMILES string of the molecule is C=C(CC)n1cc(C)c2nc(-c3ccc(C(C)C)nc3OC)c(C)nc21. The van der Waals surface area contributed by atoms with Gasteiger partial charge in [-0.1, -0.05) is 27.4 Å². The van der Waals surface area contributed by atoms with Gasteiger partial charge in [0.25, 0.3) is 0 Å². The summed E-state index contributed by atoms with van der Waals surface area (Å²) in [5.74, 6) is 0.923. The Morgan fingerprint density at radius 3 is 2.54 bits per heavy atom. The van der Waals surface area contributed by atoms with Crippen LogP contribution in [0.5, 0.6) is 5.88 Å². The van der Waals surface area contributed by atoms with Crippen LogP contribution < -0.4 is 4.74 Å². The molecule has 0 aliphatic carbocycles. The van der Waals surface area contributed by atoms with Crippen LogP contribution in [0.25, 0.3) is 28.1 Å². The molecule has 0 aliphatic rings. The van der Waals surface area contributed by atoms with Crippen LogP contribution in [0.1, 0.15) is 50.1 Å². The molecule has 0 saturated carbocycles. The molecule has 0 saturated heterocycles. The summed E-state index contributed by atoms with van der Waals surface area (Å²) < 4.78 is 7.58. The highest BCUT2D eigenvalue weighted by Crippen LogP contribution is 2.32. The highest BCUT2D eigenvalue weighted by Gasteiger charge is 2.18. The lowest BCUT2D eigenvalue weighted by atomic mass is 10.1. The number of rotatable bonds is 5. The molecule has 0 spiro atoms. The third-order valence-corrected chi connectivity index (χ3v) is 4.65. The van der Waals surface area contributed by atoms with Crippen LogP contribution >= 0.6 is 0 Å². The third-order valence-electron chi connectivity index (χ3n) is 4.65. The number of allylic oxidation sites excluding steroid dienone is 1. The Balaban J connectivity index is 2.22. The van der Waals surface area contributed by atoms with Crippen molar-refractivity contribution in [3.63, 3.8) is 0 Å². The van der Waals surface area contributed by atoms with Crippen molar-refractivity contribution in [2.45, 2.75) is 47.0 Å². The molecule has 5 heteroatoms. The standard InChI is InChI=1S/C21H26N4O/c1-8-14(5)25-11-13(4)18-20(25)22-15(6)19(24-18)16-9-10-17(12(2)3)23-21(16)26-7/h9-12H,5,8H2,1-4,6-7H3. The Labute approximate surface area is 154 Å². The Bertz CT molecular complexity index is 985. The van der Waals surface area contributed by atoms with Gasteiger partial charge in [-0.15, -0.1) is 0 Å². The van der Waals surface area contributed by atoms with E-state index < -0.39 is 0 Å². The number of aryl methyl sites for hydroxylation is 2. The lowest BCUT2D eigenvalue weighted by Crippen LogP contribution is -2.02. The van der Waals surface area contributed by atoms with Gasteiger partial charge in [-0.3, -0.25) is 0 Å². The lowest BCUT2D eigenvalue weighted by Gasteiger charge is -2.13. The Hall–Kier alpha value is -2.69. The molecule has 5 nitrogen and oxygen atoms in total. The van der Waals surface area contributed by atoms with E-state index in [0.717, 1.165) is 51.5 Å². The van der Waals surface area contributed by atoms with E-state index in [-0.39, 0.29) is 0 Å². The van der Waals surface area contributed by atoms with Gasteiger partial charge in [0.1, 0.15) is 5.52 Å². The van der Waals surface area contributed by atoms with E-state index in [1.807, 2.05) is 30.5 Å². The molecular weight excluding hydrogens is 324 g/mol. The zero-order chi connectivity index (χ0) is 19.0. The van der Waals surface area contributed by atoms with Crippen molar-refractivity contribution in [2.75, 3.05) is 7.11 Å². The summed E-state index contributed by atoms with van der Waals surface area (Å²) in [6.45, 7) is 14.5. The maximum absolute atomic E-state index is 5.55. The number of pyridine rings is 1. The van der Waals surface area contributed by atoms with Crippen LogP contribution in [0.4, 0.5) is 0 Å². The molecule has 0 aliphatic heterocycles. The predicted octanol–water partition coefficient (Wildman–Crippen LogP) is 5.12. The minimum atomic E-state index is 0.337. The summed E-state index contributed by atoms with van der Waals surface area (Å²) in [5, 5.41) is 0. The highest BCUT2D eigenvalue weighted by molar-refractivity contribution is 5.83. The zero-order valence-corrected chi connectivity index (χ0v) is 16.4. The van der Waals surface area contributed by atoms with Crippen LogP contribution in [-0.2, 0) is 0 Å². The molecule has 26 heavy (non-hydrogen) atoms. The van der Waals surface area contributed by atoms with Gasteiger partial charge in [0.05, 0.1) is 24.1 Å². The van der Waals surface area contributed by atoms with Crippen molar-refractivity contribution >= 4 is 16.9 Å². The summed E-state index contributed by atoms with van der Waals surface area (Å²) in [6.07, 6.45) is 2.91. The first-order valence-electron chi connectivity index (χ1n) is 8.97. The van der Waals surface area contributed by atoms with Gasteiger partial charge < -0.3 is 9.30 Å². The normalized spacial score (nSPS) is 11.3. The fourth-order valence-electron chi connectivity index (χ4n) is 3.03. The highest BCUT2D eigenvalue weighted by atomic mass is 16.5. The van der Waals surface area contributed by atoms with Gasteiger partial charge in [-0.2, -0.15) is 0 Å². The maximum Gasteiger partial charge on any atom is 0.222 e. The molecule has 0 amide bonds. The van der Waals surface area contributed by atoms with Crippen LogP contribution in [0.15, 0.2) is 24.9 Å². The molecule has 0 fully saturated rings. The molecule has 0 aromatic carbocycles. The van der Waals surface area contributed by atoms with E-state index in [0.29, 0.717) is 11.8 Å². The van der Waals surface area contributed by atoms with E-state index in [4.69, 9.17) is 14.7 Å². The van der Waals surface area contributed by atoms with E-state index >= 15 is 0 Å². The summed E-state index contributed by atoms with van der Waals surface area (Å²) in [4.78, 5) is 14.4. The summed E-state index contributed by atoms with van der Waals surface area (Å²) in [5.41, 5.74) is 7.33. The van der Waals surface area contributed by atoms with Crippen molar-refractivity contribution < 1.29 is 4.74 Å². The van der Waals surface area contributed by atoms with Crippen molar-refractivity contribution in [1.82, 2.24) is 19.5 Å². The second-order valence-corrected chi connectivity index (χ2v) is 6.88. The minimum Gasteiger partial charge on any atom is -0.480 e. The second-order valence-electron chi connectivity index (χ2n) is 6.88. The minimum absolute atomic E-state index is 0.337. The number of methoxy groups -OCH3 is 1. The van der Waals surface area contributed by atoms with Gasteiger partial charge >= 0.3 is 0 Å². The lowest BCUT2D eigenvalue weighted by molar-refractivity contribution is 0.397. The predicted molar refractivity (Wildman–Crippen MR) is 106 cm³/mol. The molecule has 0 unspecified atom stereocenters. The van der Waals surface area contributed by atoms with Crippen molar-refractivity contribution in [2.24, 2.45) is 0 Å². The van der Waals surface area contributed by atoms with Crippen LogP contribution in [0.3, 0.4) is 0 Å². The maximum atomic E-state index is 5.55. The van der Waals surface area contributed by atoms with Gasteiger partial charge in [-0.05, 0) is 43.9 Å². The fraction of sp³-hybridized carbons (Fsp3) is 0.381. The Morgan fingerprint density at radius 2 is 1.92 bits per heavy atom. The molecule has 3 rings (SSSR count). The van der Waals surface area contributed by atoms with Crippen LogP contribution in [0, 0.1) is 13.8 Å². The molecular formula is C21H26N4O. The first kappa shape index (κ1) is 18.1. The number of nitrogens with zero attached hydrogens (tertiary/aromatic N) is 4. The third kappa shape index (κ3) is 2.98. The first-order chi connectivity index (χ1) is 12.4. The number of hydrogen-bond acceptors (Lipinski definition) is 4. The Morgan fingerprint density at radius 1 is 1.19 bits per heavy atom. The molecule has 3 aromatic rings. The van der Waals surface area contributed by atoms with Crippen molar-refractivity contribution in [1.29, 1.82) is 0 Å². The summed E-state index contributed by atoms with van der Waals surface area (Å²) in [6, 6.07) is 4.06. The van der Waals surface area contributed by atoms with Crippen molar-refractivity contribution in [3.05, 3.63) is 41.9 Å². The zero-order valence-electron chi connectivity index (χ0n) is 16.4. The number of hydrogen-bond donors (Lipinski definition) is 0. The number of fused-ring (bicyclic) bond motifs is 1. The van der Waals surface area contributed by atoms with Crippen molar-refractivity contribution in [3.8, 4) is 17.1 Å². The van der Waals surface area contributed by atoms with E-state index in [9.17, 15) is 0 Å². The smallest absolute Gasteiger partial charge is 0.222 e. The molecule has 3 heterocycles. The first-order valence-corrected chi connectivity index (χ1v) is 8.97. The molecule has 3 aromatic heterocycles. The fourth-order valence-corrected chi connectivity index (χ4v) is 3.03.